The maximum absolute atomic E-state index is 12.6. The number of aromatic nitrogens is 2. The smallest absolute Gasteiger partial charge is 0.271 e. The molecule has 0 amide bonds. The van der Waals surface area contributed by atoms with Crippen LogP contribution in [0.2, 0.25) is 0 Å². The summed E-state index contributed by atoms with van der Waals surface area (Å²) in [7, 11) is -0.763. The number of nitrogens with one attached hydrogen (secondary N) is 1. The Morgan fingerprint density at radius 3 is 2.56 bits per heavy atom. The lowest BCUT2D eigenvalue weighted by molar-refractivity contribution is 0.355. The third-order valence-electron chi connectivity index (χ3n) is 3.26. The van der Waals surface area contributed by atoms with Crippen LogP contribution in [0.4, 0.5) is 5.69 Å². The molecule has 3 rings (SSSR count). The highest BCUT2D eigenvalue weighted by molar-refractivity contribution is 7.94. The fourth-order valence-electron chi connectivity index (χ4n) is 2.10. The second kappa shape index (κ2) is 6.73. The van der Waals surface area contributed by atoms with Gasteiger partial charge in [-0.15, -0.1) is 11.3 Å². The van der Waals surface area contributed by atoms with Gasteiger partial charge in [0, 0.05) is 23.9 Å². The van der Waals surface area contributed by atoms with E-state index < -0.39 is 10.0 Å². The number of sulfonamides is 1. The molecule has 0 bridgehead atoms. The first-order chi connectivity index (χ1) is 11.9. The molecule has 25 heavy (non-hydrogen) atoms. The van der Waals surface area contributed by atoms with Gasteiger partial charge >= 0.3 is 0 Å². The second-order valence-electron chi connectivity index (χ2n) is 4.97. The Balaban J connectivity index is 1.86. The van der Waals surface area contributed by atoms with E-state index in [0.717, 1.165) is 11.3 Å². The lowest BCUT2D eigenvalue weighted by Crippen LogP contribution is -2.11. The summed E-state index contributed by atoms with van der Waals surface area (Å²) >= 11 is 1.07. The van der Waals surface area contributed by atoms with Gasteiger partial charge in [0.2, 0.25) is 11.7 Å². The van der Waals surface area contributed by atoms with Crippen LogP contribution in [0.15, 0.2) is 38.4 Å². The van der Waals surface area contributed by atoms with Crippen LogP contribution in [0, 0.1) is 6.92 Å². The third kappa shape index (κ3) is 3.59. The maximum Gasteiger partial charge on any atom is 0.271 e. The number of nitrogens with zero attached hydrogens (tertiary/aromatic N) is 2. The highest BCUT2D eigenvalue weighted by Crippen LogP contribution is 2.32. The SMILES string of the molecule is COc1ccc(NS(=O)(=O)c2cc(-c3noc(C)n3)cs2)cc1OC. The molecular formula is C15H15N3O5S2. The molecule has 2 aromatic heterocycles. The lowest BCUT2D eigenvalue weighted by Gasteiger charge is -2.11. The Kier molecular flexibility index (Phi) is 4.64. The van der Waals surface area contributed by atoms with Gasteiger partial charge in [-0.05, 0) is 18.2 Å². The van der Waals surface area contributed by atoms with Crippen LogP contribution in [0.3, 0.4) is 0 Å². The van der Waals surface area contributed by atoms with Crippen molar-refractivity contribution < 1.29 is 22.4 Å². The molecule has 3 aromatic rings. The van der Waals surface area contributed by atoms with E-state index in [-0.39, 0.29) is 4.21 Å². The van der Waals surface area contributed by atoms with Crippen molar-refractivity contribution in [2.75, 3.05) is 18.9 Å². The standard InChI is InChI=1S/C15H15N3O5S2/c1-9-16-15(17-23-9)10-6-14(24-8-10)25(19,20)18-11-4-5-12(21-2)13(7-11)22-3/h4-8,18H,1-3H3. The summed E-state index contributed by atoms with van der Waals surface area (Å²) in [5, 5.41) is 5.44. The Morgan fingerprint density at radius 2 is 1.92 bits per heavy atom. The average molecular weight is 381 g/mol. The molecule has 0 radical (unpaired) electrons. The van der Waals surface area contributed by atoms with Crippen molar-refractivity contribution in [3.05, 3.63) is 35.5 Å². The lowest BCUT2D eigenvalue weighted by atomic mass is 10.3. The number of benzene rings is 1. The first kappa shape index (κ1) is 17.2. The van der Waals surface area contributed by atoms with Gasteiger partial charge in [-0.2, -0.15) is 4.98 Å². The minimum Gasteiger partial charge on any atom is -0.493 e. The molecule has 0 unspecified atom stereocenters. The summed E-state index contributed by atoms with van der Waals surface area (Å²) in [6, 6.07) is 6.26. The molecule has 0 aliphatic rings. The van der Waals surface area contributed by atoms with Crippen LogP contribution in [-0.4, -0.2) is 32.8 Å². The quantitative estimate of drug-likeness (QED) is 0.700. The molecule has 0 saturated heterocycles. The van der Waals surface area contributed by atoms with E-state index >= 15 is 0 Å². The number of aryl methyl sites for hydroxylation is 1. The number of methoxy groups -OCH3 is 2. The molecule has 0 fully saturated rings. The summed E-state index contributed by atoms with van der Waals surface area (Å²) < 4.78 is 43.0. The van der Waals surface area contributed by atoms with Gasteiger partial charge in [-0.25, -0.2) is 8.42 Å². The summed E-state index contributed by atoms with van der Waals surface area (Å²) in [5.74, 6) is 1.70. The number of thiophene rings is 1. The zero-order chi connectivity index (χ0) is 18.0. The zero-order valence-corrected chi connectivity index (χ0v) is 15.3. The molecule has 0 saturated carbocycles. The Labute approximate surface area is 148 Å². The maximum atomic E-state index is 12.6. The minimum absolute atomic E-state index is 0.139. The van der Waals surface area contributed by atoms with Crippen molar-refractivity contribution in [2.45, 2.75) is 11.1 Å². The molecule has 1 aromatic carbocycles. The molecule has 132 valence electrons. The van der Waals surface area contributed by atoms with Crippen LogP contribution in [0.5, 0.6) is 11.5 Å². The number of hydrogen-bond acceptors (Lipinski definition) is 8. The first-order valence-electron chi connectivity index (χ1n) is 7.07. The average Bonchev–Trinajstić information content (AvgIpc) is 3.23. The predicted molar refractivity (Wildman–Crippen MR) is 92.7 cm³/mol. The molecule has 0 aliphatic heterocycles. The molecule has 0 spiro atoms. The molecule has 0 aliphatic carbocycles. The molecule has 10 heteroatoms. The summed E-state index contributed by atoms with van der Waals surface area (Å²) in [4.78, 5) is 4.09. The van der Waals surface area contributed by atoms with Crippen LogP contribution in [0.25, 0.3) is 11.4 Å². The van der Waals surface area contributed by atoms with Crippen LogP contribution >= 0.6 is 11.3 Å². The van der Waals surface area contributed by atoms with E-state index in [1.807, 2.05) is 0 Å². The van der Waals surface area contributed by atoms with Gasteiger partial charge in [0.15, 0.2) is 11.5 Å². The van der Waals surface area contributed by atoms with Gasteiger partial charge in [0.25, 0.3) is 10.0 Å². The molecular weight excluding hydrogens is 366 g/mol. The summed E-state index contributed by atoms with van der Waals surface area (Å²) in [5.41, 5.74) is 0.942. The first-order valence-corrected chi connectivity index (χ1v) is 9.43. The van der Waals surface area contributed by atoms with Gasteiger partial charge < -0.3 is 14.0 Å². The predicted octanol–water partition coefficient (Wildman–Crippen LogP) is 2.92. The topological polar surface area (TPSA) is 104 Å². The van der Waals surface area contributed by atoms with Crippen molar-refractivity contribution in [2.24, 2.45) is 0 Å². The third-order valence-corrected chi connectivity index (χ3v) is 6.08. The van der Waals surface area contributed by atoms with Crippen molar-refractivity contribution in [3.63, 3.8) is 0 Å². The van der Waals surface area contributed by atoms with Crippen molar-refractivity contribution in [3.8, 4) is 22.9 Å². The highest BCUT2D eigenvalue weighted by atomic mass is 32.2. The number of anilines is 1. The molecule has 1 N–H and O–H groups in total. The number of hydrogen-bond donors (Lipinski definition) is 1. The van der Waals surface area contributed by atoms with Gasteiger partial charge in [-0.3, -0.25) is 4.72 Å². The zero-order valence-electron chi connectivity index (χ0n) is 13.6. The number of ether oxygens (including phenoxy) is 2. The highest BCUT2D eigenvalue weighted by Gasteiger charge is 2.20. The summed E-state index contributed by atoms with van der Waals surface area (Å²) in [6.45, 7) is 1.67. The van der Waals surface area contributed by atoms with Crippen LogP contribution in [0.1, 0.15) is 5.89 Å². The van der Waals surface area contributed by atoms with E-state index in [0.29, 0.717) is 34.5 Å². The molecule has 2 heterocycles. The fraction of sp³-hybridized carbons (Fsp3) is 0.200. The minimum atomic E-state index is -3.75. The second-order valence-corrected chi connectivity index (χ2v) is 7.79. The van der Waals surface area contributed by atoms with Crippen molar-refractivity contribution in [1.29, 1.82) is 0 Å². The fourth-order valence-corrected chi connectivity index (χ4v) is 4.30. The normalized spacial score (nSPS) is 11.3. The largest absolute Gasteiger partial charge is 0.493 e. The van der Waals surface area contributed by atoms with E-state index in [2.05, 4.69) is 14.9 Å². The van der Waals surface area contributed by atoms with E-state index in [1.54, 1.807) is 30.5 Å². The Hall–Kier alpha value is -2.59. The van der Waals surface area contributed by atoms with Gasteiger partial charge in [-0.1, -0.05) is 5.16 Å². The monoisotopic (exact) mass is 381 g/mol. The van der Waals surface area contributed by atoms with E-state index in [9.17, 15) is 8.42 Å². The van der Waals surface area contributed by atoms with Crippen molar-refractivity contribution in [1.82, 2.24) is 10.1 Å². The van der Waals surface area contributed by atoms with E-state index in [1.165, 1.54) is 20.3 Å². The molecule has 0 atom stereocenters. The van der Waals surface area contributed by atoms with Crippen LogP contribution < -0.4 is 14.2 Å². The van der Waals surface area contributed by atoms with Crippen molar-refractivity contribution >= 4 is 27.0 Å². The Bertz CT molecular complexity index is 994. The Morgan fingerprint density at radius 1 is 1.16 bits per heavy atom. The number of rotatable bonds is 6. The van der Waals surface area contributed by atoms with Crippen LogP contribution in [-0.2, 0) is 10.0 Å². The van der Waals surface area contributed by atoms with Gasteiger partial charge in [0.05, 0.1) is 19.9 Å². The molecule has 8 nitrogen and oxygen atoms in total. The van der Waals surface area contributed by atoms with Gasteiger partial charge in [0.1, 0.15) is 4.21 Å². The van der Waals surface area contributed by atoms with E-state index in [4.69, 9.17) is 14.0 Å². The summed E-state index contributed by atoms with van der Waals surface area (Å²) in [6.07, 6.45) is 0.